The summed E-state index contributed by atoms with van der Waals surface area (Å²) in [6.07, 6.45) is 2.92. The van der Waals surface area contributed by atoms with E-state index in [2.05, 4.69) is 12.2 Å². The van der Waals surface area contributed by atoms with Crippen molar-refractivity contribution in [2.75, 3.05) is 38.7 Å². The van der Waals surface area contributed by atoms with Crippen molar-refractivity contribution in [3.8, 4) is 11.5 Å². The van der Waals surface area contributed by atoms with Gasteiger partial charge in [0.1, 0.15) is 11.5 Å². The summed E-state index contributed by atoms with van der Waals surface area (Å²) < 4.78 is 16.6. The second kappa shape index (κ2) is 9.37. The van der Waals surface area contributed by atoms with Gasteiger partial charge in [-0.05, 0) is 31.9 Å². The second-order valence-electron chi connectivity index (χ2n) is 5.98. The van der Waals surface area contributed by atoms with Gasteiger partial charge in [0.15, 0.2) is 0 Å². The molecule has 1 aliphatic rings. The van der Waals surface area contributed by atoms with Gasteiger partial charge in [0.2, 0.25) is 0 Å². The van der Waals surface area contributed by atoms with E-state index in [0.29, 0.717) is 43.5 Å². The Morgan fingerprint density at radius 3 is 3.04 bits per heavy atom. The molecule has 1 saturated heterocycles. The van der Waals surface area contributed by atoms with Crippen LogP contribution in [0.3, 0.4) is 0 Å². The predicted molar refractivity (Wildman–Crippen MR) is 94.0 cm³/mol. The number of unbranched alkanes of at least 4 members (excludes halogenated alkanes) is 1. The minimum Gasteiger partial charge on any atom is -0.497 e. The lowest BCUT2D eigenvalue weighted by Crippen LogP contribution is -2.39. The first-order valence-electron chi connectivity index (χ1n) is 8.62. The van der Waals surface area contributed by atoms with Crippen LogP contribution >= 0.6 is 0 Å². The molecule has 1 aliphatic heterocycles. The molecule has 2 rings (SSSR count). The van der Waals surface area contributed by atoms with Gasteiger partial charge < -0.3 is 24.4 Å². The Balaban J connectivity index is 2.08. The number of carbonyl (C=O) groups is 1. The first-order chi connectivity index (χ1) is 11.6. The molecule has 6 heteroatoms. The van der Waals surface area contributed by atoms with Crippen molar-refractivity contribution in [1.82, 2.24) is 4.90 Å². The average molecular weight is 336 g/mol. The van der Waals surface area contributed by atoms with Gasteiger partial charge in [-0.2, -0.15) is 0 Å². The second-order valence-corrected chi connectivity index (χ2v) is 5.98. The van der Waals surface area contributed by atoms with E-state index in [1.807, 2.05) is 19.1 Å². The maximum absolute atomic E-state index is 12.6. The molecular weight excluding hydrogens is 308 g/mol. The van der Waals surface area contributed by atoms with Crippen LogP contribution in [0.15, 0.2) is 18.2 Å². The van der Waals surface area contributed by atoms with Crippen LogP contribution in [0, 0.1) is 0 Å². The highest BCUT2D eigenvalue weighted by molar-refractivity contribution is 5.91. The van der Waals surface area contributed by atoms with Gasteiger partial charge in [-0.15, -0.1) is 0 Å². The number of nitrogens with zero attached hydrogens (tertiary/aromatic N) is 1. The Kier molecular flexibility index (Phi) is 7.18. The van der Waals surface area contributed by atoms with Gasteiger partial charge in [-0.3, -0.25) is 0 Å². The first kappa shape index (κ1) is 18.4. The number of benzene rings is 1. The molecule has 1 aromatic carbocycles. The average Bonchev–Trinajstić information content (AvgIpc) is 2.81. The van der Waals surface area contributed by atoms with Crippen LogP contribution in [0.25, 0.3) is 0 Å². The van der Waals surface area contributed by atoms with E-state index in [0.717, 1.165) is 19.3 Å². The number of amides is 2. The molecule has 1 N–H and O–H groups in total. The van der Waals surface area contributed by atoms with E-state index in [1.54, 1.807) is 18.1 Å². The molecule has 1 aromatic rings. The number of hydrogen-bond acceptors (Lipinski definition) is 4. The zero-order valence-corrected chi connectivity index (χ0v) is 14.8. The van der Waals surface area contributed by atoms with Crippen molar-refractivity contribution in [2.45, 2.75) is 39.2 Å². The standard InChI is InChI=1S/C18H28N2O4/c1-4-5-10-24-17-8-7-15(22-3)12-16(17)19-18(21)20-9-6-11-23-14(2)13-20/h7-8,12,14H,4-6,9-11,13H2,1-3H3,(H,19,21)/t14-/m1/s1. The fourth-order valence-corrected chi connectivity index (χ4v) is 2.56. The van der Waals surface area contributed by atoms with Crippen molar-refractivity contribution in [2.24, 2.45) is 0 Å². The van der Waals surface area contributed by atoms with Crippen LogP contribution in [0.1, 0.15) is 33.1 Å². The lowest BCUT2D eigenvalue weighted by Gasteiger charge is -2.23. The number of hydrogen-bond donors (Lipinski definition) is 1. The highest BCUT2D eigenvalue weighted by Gasteiger charge is 2.21. The van der Waals surface area contributed by atoms with Gasteiger partial charge in [-0.1, -0.05) is 13.3 Å². The van der Waals surface area contributed by atoms with Gasteiger partial charge >= 0.3 is 6.03 Å². The maximum Gasteiger partial charge on any atom is 0.322 e. The van der Waals surface area contributed by atoms with Crippen LogP contribution in [0.2, 0.25) is 0 Å². The SMILES string of the molecule is CCCCOc1ccc(OC)cc1NC(=O)N1CCCO[C@H](C)C1. The summed E-state index contributed by atoms with van der Waals surface area (Å²) in [6, 6.07) is 5.31. The summed E-state index contributed by atoms with van der Waals surface area (Å²) in [5, 5.41) is 2.96. The van der Waals surface area contributed by atoms with Crippen molar-refractivity contribution in [3.63, 3.8) is 0 Å². The third kappa shape index (κ3) is 5.30. The first-order valence-corrected chi connectivity index (χ1v) is 8.62. The van der Waals surface area contributed by atoms with Gasteiger partial charge in [-0.25, -0.2) is 4.79 Å². The van der Waals surface area contributed by atoms with E-state index in [4.69, 9.17) is 14.2 Å². The smallest absolute Gasteiger partial charge is 0.322 e. The summed E-state index contributed by atoms with van der Waals surface area (Å²) in [5.74, 6) is 1.34. The largest absolute Gasteiger partial charge is 0.497 e. The van der Waals surface area contributed by atoms with Crippen LogP contribution in [0.5, 0.6) is 11.5 Å². The summed E-state index contributed by atoms with van der Waals surface area (Å²) in [5.41, 5.74) is 0.633. The molecule has 0 radical (unpaired) electrons. The third-order valence-corrected chi connectivity index (χ3v) is 3.92. The zero-order chi connectivity index (χ0) is 17.4. The molecular formula is C18H28N2O4. The number of carbonyl (C=O) groups excluding carboxylic acids is 1. The van der Waals surface area contributed by atoms with Crippen molar-refractivity contribution in [3.05, 3.63) is 18.2 Å². The predicted octanol–water partition coefficient (Wildman–Crippen LogP) is 3.52. The normalized spacial score (nSPS) is 18.0. The van der Waals surface area contributed by atoms with Gasteiger partial charge in [0.05, 0.1) is 25.5 Å². The lowest BCUT2D eigenvalue weighted by atomic mass is 10.2. The molecule has 134 valence electrons. The number of rotatable bonds is 6. The van der Waals surface area contributed by atoms with E-state index < -0.39 is 0 Å². The number of urea groups is 1. The van der Waals surface area contributed by atoms with Crippen LogP contribution < -0.4 is 14.8 Å². The lowest BCUT2D eigenvalue weighted by molar-refractivity contribution is 0.0718. The molecule has 1 fully saturated rings. The molecule has 0 aliphatic carbocycles. The molecule has 2 amide bonds. The van der Waals surface area contributed by atoms with Crippen LogP contribution in [0.4, 0.5) is 10.5 Å². The topological polar surface area (TPSA) is 60.0 Å². The summed E-state index contributed by atoms with van der Waals surface area (Å²) in [7, 11) is 1.60. The fraction of sp³-hybridized carbons (Fsp3) is 0.611. The summed E-state index contributed by atoms with van der Waals surface area (Å²) in [6.45, 7) is 6.68. The molecule has 0 bridgehead atoms. The number of anilines is 1. The van der Waals surface area contributed by atoms with E-state index >= 15 is 0 Å². The summed E-state index contributed by atoms with van der Waals surface area (Å²) >= 11 is 0. The van der Waals surface area contributed by atoms with Crippen molar-refractivity contribution in [1.29, 1.82) is 0 Å². The Morgan fingerprint density at radius 1 is 1.46 bits per heavy atom. The highest BCUT2D eigenvalue weighted by atomic mass is 16.5. The number of nitrogens with one attached hydrogen (secondary N) is 1. The number of methoxy groups -OCH3 is 1. The minimum atomic E-state index is -0.138. The van der Waals surface area contributed by atoms with Crippen LogP contribution in [-0.4, -0.2) is 50.4 Å². The van der Waals surface area contributed by atoms with Crippen molar-refractivity contribution >= 4 is 11.7 Å². The summed E-state index contributed by atoms with van der Waals surface area (Å²) in [4.78, 5) is 14.4. The van der Waals surface area contributed by atoms with E-state index in [-0.39, 0.29) is 12.1 Å². The Labute approximate surface area is 144 Å². The molecule has 0 spiro atoms. The molecule has 0 aromatic heterocycles. The third-order valence-electron chi connectivity index (χ3n) is 3.92. The van der Waals surface area contributed by atoms with Crippen LogP contribution in [-0.2, 0) is 4.74 Å². The quantitative estimate of drug-likeness (QED) is 0.808. The van der Waals surface area contributed by atoms with E-state index in [1.165, 1.54) is 0 Å². The van der Waals surface area contributed by atoms with Gasteiger partial charge in [0.25, 0.3) is 0 Å². The molecule has 24 heavy (non-hydrogen) atoms. The molecule has 6 nitrogen and oxygen atoms in total. The Morgan fingerprint density at radius 2 is 2.29 bits per heavy atom. The molecule has 0 unspecified atom stereocenters. The number of ether oxygens (including phenoxy) is 3. The molecule has 1 atom stereocenters. The van der Waals surface area contributed by atoms with Gasteiger partial charge in [0, 0.05) is 25.8 Å². The molecule has 0 saturated carbocycles. The maximum atomic E-state index is 12.6. The fourth-order valence-electron chi connectivity index (χ4n) is 2.56. The zero-order valence-electron chi connectivity index (χ0n) is 14.8. The monoisotopic (exact) mass is 336 g/mol. The van der Waals surface area contributed by atoms with Crippen molar-refractivity contribution < 1.29 is 19.0 Å². The van der Waals surface area contributed by atoms with E-state index in [9.17, 15) is 4.79 Å². The Hall–Kier alpha value is -1.95. The molecule has 1 heterocycles. The highest BCUT2D eigenvalue weighted by Crippen LogP contribution is 2.30. The minimum absolute atomic E-state index is 0.0452. The Bertz CT molecular complexity index is 536.